The van der Waals surface area contributed by atoms with Gasteiger partial charge in [0.2, 0.25) is 15.8 Å². The van der Waals surface area contributed by atoms with Crippen LogP contribution in [0.4, 0.5) is 5.69 Å². The van der Waals surface area contributed by atoms with Crippen molar-refractivity contribution < 1.29 is 13.2 Å². The standard InChI is InChI=1S/C14H14N4O4S/c1-22-12-7-9(17-23(2,20)21)3-4-10(12)11-8-18-6-5-13(19)16-14(18)15-11/h3-8,17H,1-2H3,(H,15,16,19). The van der Waals surface area contributed by atoms with E-state index in [-0.39, 0.29) is 5.56 Å². The van der Waals surface area contributed by atoms with Crippen LogP contribution in [0.15, 0.2) is 41.5 Å². The molecule has 0 unspecified atom stereocenters. The first-order valence-corrected chi connectivity index (χ1v) is 8.49. The van der Waals surface area contributed by atoms with Gasteiger partial charge in [-0.15, -0.1) is 0 Å². The summed E-state index contributed by atoms with van der Waals surface area (Å²) in [5.74, 6) is 0.872. The lowest BCUT2D eigenvalue weighted by molar-refractivity contribution is 0.416. The van der Waals surface area contributed by atoms with Gasteiger partial charge in [0.05, 0.1) is 24.7 Å². The van der Waals surface area contributed by atoms with E-state index in [9.17, 15) is 13.2 Å². The molecule has 0 amide bonds. The summed E-state index contributed by atoms with van der Waals surface area (Å²) in [5.41, 5.74) is 1.42. The number of rotatable bonds is 4. The predicted molar refractivity (Wildman–Crippen MR) is 86.3 cm³/mol. The number of H-pyrrole nitrogens is 1. The molecule has 0 bridgehead atoms. The van der Waals surface area contributed by atoms with Crippen LogP contribution in [0.1, 0.15) is 0 Å². The monoisotopic (exact) mass is 334 g/mol. The third kappa shape index (κ3) is 3.19. The van der Waals surface area contributed by atoms with Crippen molar-refractivity contribution in [3.63, 3.8) is 0 Å². The van der Waals surface area contributed by atoms with Crippen LogP contribution in [0.5, 0.6) is 5.75 Å². The van der Waals surface area contributed by atoms with Crippen molar-refractivity contribution in [1.82, 2.24) is 14.4 Å². The molecule has 0 saturated carbocycles. The molecule has 8 nitrogen and oxygen atoms in total. The van der Waals surface area contributed by atoms with E-state index in [2.05, 4.69) is 14.7 Å². The molecule has 0 aliphatic heterocycles. The first kappa shape index (κ1) is 15.1. The maximum atomic E-state index is 11.3. The second kappa shape index (κ2) is 5.43. The molecule has 0 radical (unpaired) electrons. The van der Waals surface area contributed by atoms with Gasteiger partial charge in [-0.1, -0.05) is 0 Å². The Morgan fingerprint density at radius 1 is 1.30 bits per heavy atom. The van der Waals surface area contributed by atoms with E-state index in [1.807, 2.05) is 0 Å². The summed E-state index contributed by atoms with van der Waals surface area (Å²) in [6, 6.07) is 6.29. The fourth-order valence-electron chi connectivity index (χ4n) is 2.21. The third-order valence-corrected chi connectivity index (χ3v) is 3.74. The molecule has 9 heteroatoms. The van der Waals surface area contributed by atoms with Crippen molar-refractivity contribution in [2.75, 3.05) is 18.1 Å². The number of nitrogens with one attached hydrogen (secondary N) is 2. The Bertz CT molecular complexity index is 1040. The minimum absolute atomic E-state index is 0.241. The van der Waals surface area contributed by atoms with Crippen LogP contribution in [0, 0.1) is 0 Å². The molecule has 120 valence electrons. The van der Waals surface area contributed by atoms with Gasteiger partial charge in [0.15, 0.2) is 0 Å². The van der Waals surface area contributed by atoms with E-state index in [4.69, 9.17) is 4.74 Å². The maximum Gasteiger partial charge on any atom is 0.252 e. The maximum absolute atomic E-state index is 11.3. The number of aromatic amines is 1. The molecule has 2 N–H and O–H groups in total. The SMILES string of the molecule is COc1cc(NS(C)(=O)=O)ccc1-c1cn2ccc(=O)[nH]c2n1. The van der Waals surface area contributed by atoms with Crippen molar-refractivity contribution in [3.8, 4) is 17.0 Å². The van der Waals surface area contributed by atoms with Crippen LogP contribution in [0.25, 0.3) is 17.0 Å². The largest absolute Gasteiger partial charge is 0.496 e. The summed E-state index contributed by atoms with van der Waals surface area (Å²) in [4.78, 5) is 18.3. The molecule has 0 aliphatic rings. The molecule has 0 fully saturated rings. The number of hydrogen-bond acceptors (Lipinski definition) is 5. The van der Waals surface area contributed by atoms with Gasteiger partial charge >= 0.3 is 0 Å². The topological polar surface area (TPSA) is 106 Å². The number of imidazole rings is 1. The molecular formula is C14H14N4O4S. The molecule has 0 saturated heterocycles. The van der Waals surface area contributed by atoms with Crippen LogP contribution in [-0.4, -0.2) is 36.2 Å². The van der Waals surface area contributed by atoms with Gasteiger partial charge in [-0.25, -0.2) is 13.4 Å². The Morgan fingerprint density at radius 3 is 2.78 bits per heavy atom. The van der Waals surface area contributed by atoms with Crippen LogP contribution in [0.3, 0.4) is 0 Å². The molecule has 0 aliphatic carbocycles. The Balaban J connectivity index is 2.08. The van der Waals surface area contributed by atoms with Crippen LogP contribution in [-0.2, 0) is 10.0 Å². The number of hydrogen-bond donors (Lipinski definition) is 2. The molecule has 2 aromatic heterocycles. The summed E-state index contributed by atoms with van der Waals surface area (Å²) in [5, 5.41) is 0. The smallest absolute Gasteiger partial charge is 0.252 e. The van der Waals surface area contributed by atoms with Gasteiger partial charge in [0.1, 0.15) is 5.75 Å². The molecule has 0 spiro atoms. The fourth-order valence-corrected chi connectivity index (χ4v) is 2.76. The van der Waals surface area contributed by atoms with E-state index in [0.717, 1.165) is 6.26 Å². The molecule has 1 aromatic carbocycles. The number of aromatic nitrogens is 3. The van der Waals surface area contributed by atoms with Crippen molar-refractivity contribution in [2.24, 2.45) is 0 Å². The van der Waals surface area contributed by atoms with Crippen LogP contribution < -0.4 is 15.0 Å². The lowest BCUT2D eigenvalue weighted by Gasteiger charge is -2.09. The number of sulfonamides is 1. The molecule has 2 heterocycles. The summed E-state index contributed by atoms with van der Waals surface area (Å²) in [6.45, 7) is 0. The molecule has 3 aromatic rings. The van der Waals surface area contributed by atoms with E-state index >= 15 is 0 Å². The van der Waals surface area contributed by atoms with Gasteiger partial charge in [0.25, 0.3) is 5.56 Å². The molecular weight excluding hydrogens is 320 g/mol. The zero-order chi connectivity index (χ0) is 16.6. The number of fused-ring (bicyclic) bond motifs is 1. The van der Waals surface area contributed by atoms with Crippen molar-refractivity contribution in [1.29, 1.82) is 0 Å². The second-order valence-electron chi connectivity index (χ2n) is 4.95. The van der Waals surface area contributed by atoms with Crippen LogP contribution >= 0.6 is 0 Å². The second-order valence-corrected chi connectivity index (χ2v) is 6.70. The number of benzene rings is 1. The minimum atomic E-state index is -3.37. The first-order chi connectivity index (χ1) is 10.9. The highest BCUT2D eigenvalue weighted by molar-refractivity contribution is 7.92. The van der Waals surface area contributed by atoms with Crippen molar-refractivity contribution >= 4 is 21.5 Å². The third-order valence-electron chi connectivity index (χ3n) is 3.13. The van der Waals surface area contributed by atoms with Gasteiger partial charge in [-0.05, 0) is 12.1 Å². The molecule has 3 rings (SSSR count). The Kier molecular flexibility index (Phi) is 3.57. The van der Waals surface area contributed by atoms with E-state index in [1.54, 1.807) is 35.0 Å². The Hall–Kier alpha value is -2.81. The van der Waals surface area contributed by atoms with Crippen molar-refractivity contribution in [3.05, 3.63) is 47.0 Å². The molecule has 23 heavy (non-hydrogen) atoms. The zero-order valence-corrected chi connectivity index (χ0v) is 13.2. The summed E-state index contributed by atoms with van der Waals surface area (Å²) in [7, 11) is -1.88. The van der Waals surface area contributed by atoms with Gasteiger partial charge in [0, 0.05) is 30.1 Å². The van der Waals surface area contributed by atoms with Crippen LogP contribution in [0.2, 0.25) is 0 Å². The quantitative estimate of drug-likeness (QED) is 0.742. The highest BCUT2D eigenvalue weighted by Gasteiger charge is 2.12. The van der Waals surface area contributed by atoms with Crippen molar-refractivity contribution in [2.45, 2.75) is 0 Å². The Morgan fingerprint density at radius 2 is 2.09 bits per heavy atom. The Labute approximate surface area is 131 Å². The summed E-state index contributed by atoms with van der Waals surface area (Å²) < 4.78 is 32.0. The molecule has 0 atom stereocenters. The zero-order valence-electron chi connectivity index (χ0n) is 12.4. The summed E-state index contributed by atoms with van der Waals surface area (Å²) >= 11 is 0. The lowest BCUT2D eigenvalue weighted by atomic mass is 10.1. The minimum Gasteiger partial charge on any atom is -0.496 e. The normalized spacial score (nSPS) is 11.6. The van der Waals surface area contributed by atoms with E-state index in [1.165, 1.54) is 13.2 Å². The van der Waals surface area contributed by atoms with E-state index in [0.29, 0.717) is 28.5 Å². The average Bonchev–Trinajstić information content (AvgIpc) is 2.88. The van der Waals surface area contributed by atoms with E-state index < -0.39 is 10.0 Å². The number of nitrogens with zero attached hydrogens (tertiary/aromatic N) is 2. The average molecular weight is 334 g/mol. The number of ether oxygens (including phenoxy) is 1. The summed E-state index contributed by atoms with van der Waals surface area (Å²) in [6.07, 6.45) is 4.43. The number of anilines is 1. The highest BCUT2D eigenvalue weighted by Crippen LogP contribution is 2.32. The fraction of sp³-hybridized carbons (Fsp3) is 0.143. The number of methoxy groups -OCH3 is 1. The first-order valence-electron chi connectivity index (χ1n) is 6.60. The lowest BCUT2D eigenvalue weighted by Crippen LogP contribution is -2.09. The predicted octanol–water partition coefficient (Wildman–Crippen LogP) is 1.07. The van der Waals surface area contributed by atoms with Gasteiger partial charge in [-0.3, -0.25) is 18.9 Å². The highest BCUT2D eigenvalue weighted by atomic mass is 32.2. The van der Waals surface area contributed by atoms with Gasteiger partial charge in [-0.2, -0.15) is 0 Å². The van der Waals surface area contributed by atoms with Gasteiger partial charge < -0.3 is 4.74 Å².